The Kier molecular flexibility index (Phi) is 6.87. The Hall–Kier alpha value is -2.86. The highest BCUT2D eigenvalue weighted by molar-refractivity contribution is 5.77. The maximum atomic E-state index is 12.6. The Labute approximate surface area is 184 Å². The van der Waals surface area contributed by atoms with Crippen LogP contribution >= 0.6 is 0 Å². The fourth-order valence-electron chi connectivity index (χ4n) is 4.38. The van der Waals surface area contributed by atoms with Gasteiger partial charge in [0.25, 0.3) is 0 Å². The minimum atomic E-state index is -0.181. The van der Waals surface area contributed by atoms with Gasteiger partial charge in [0.05, 0.1) is 0 Å². The molecular weight excluding hydrogens is 390 g/mol. The van der Waals surface area contributed by atoms with E-state index >= 15 is 0 Å². The molecule has 2 N–H and O–H groups in total. The lowest BCUT2D eigenvalue weighted by Crippen LogP contribution is -2.62. The van der Waals surface area contributed by atoms with Crippen molar-refractivity contribution in [1.29, 1.82) is 0 Å². The van der Waals surface area contributed by atoms with Crippen molar-refractivity contribution in [3.8, 4) is 5.75 Å². The van der Waals surface area contributed by atoms with E-state index < -0.39 is 0 Å². The second kappa shape index (κ2) is 9.96. The zero-order valence-corrected chi connectivity index (χ0v) is 17.9. The molecule has 2 fully saturated rings. The number of nitrogens with zero attached hydrogens (tertiary/aromatic N) is 2. The number of rotatable bonds is 8. The van der Waals surface area contributed by atoms with Crippen LogP contribution in [0.4, 0.5) is 0 Å². The highest BCUT2D eigenvalue weighted by Gasteiger charge is 2.36. The van der Waals surface area contributed by atoms with Crippen LogP contribution < -0.4 is 10.5 Å². The lowest BCUT2D eigenvalue weighted by Gasteiger charge is -2.47. The van der Waals surface area contributed by atoms with Crippen molar-refractivity contribution in [2.24, 2.45) is 11.7 Å². The number of nitrogens with two attached hydrogens (primary N) is 1. The molecule has 0 unspecified atom stereocenters. The molecular formula is C25H31N3O3. The maximum absolute atomic E-state index is 12.6. The third kappa shape index (κ3) is 5.64. The van der Waals surface area contributed by atoms with Crippen LogP contribution in [0.5, 0.6) is 5.75 Å². The summed E-state index contributed by atoms with van der Waals surface area (Å²) in [6.07, 6.45) is 2.90. The molecule has 31 heavy (non-hydrogen) atoms. The zero-order chi connectivity index (χ0) is 21.6. The highest BCUT2D eigenvalue weighted by atomic mass is 16.5. The summed E-state index contributed by atoms with van der Waals surface area (Å²) in [6.45, 7) is 3.92. The van der Waals surface area contributed by atoms with Gasteiger partial charge >= 0.3 is 0 Å². The molecule has 0 radical (unpaired) electrons. The summed E-state index contributed by atoms with van der Waals surface area (Å²) < 4.78 is 5.89. The molecule has 4 rings (SSSR count). The smallest absolute Gasteiger partial charge is 0.223 e. The molecule has 0 aromatic heterocycles. The molecule has 0 atom stereocenters. The number of piperidine rings is 1. The average Bonchev–Trinajstić information content (AvgIpc) is 2.77. The number of likely N-dealkylation sites (tertiary alicyclic amines) is 2. The first-order valence-electron chi connectivity index (χ1n) is 11.2. The van der Waals surface area contributed by atoms with E-state index in [1.54, 1.807) is 0 Å². The van der Waals surface area contributed by atoms with Crippen LogP contribution in [0.3, 0.4) is 0 Å². The van der Waals surface area contributed by atoms with Crippen LogP contribution in [0.2, 0.25) is 0 Å². The monoisotopic (exact) mass is 421 g/mol. The van der Waals surface area contributed by atoms with E-state index in [0.29, 0.717) is 25.5 Å². The van der Waals surface area contributed by atoms with Crippen molar-refractivity contribution in [2.45, 2.75) is 38.3 Å². The molecule has 0 spiro atoms. The predicted molar refractivity (Wildman–Crippen MR) is 119 cm³/mol. The quantitative estimate of drug-likeness (QED) is 0.711. The molecule has 2 heterocycles. The van der Waals surface area contributed by atoms with Crippen LogP contribution in [0, 0.1) is 5.92 Å². The molecule has 0 bridgehead atoms. The first kappa shape index (κ1) is 21.4. The van der Waals surface area contributed by atoms with Gasteiger partial charge in [0, 0.05) is 31.5 Å². The molecule has 2 aliphatic rings. The number of ether oxygens (including phenoxy) is 1. The van der Waals surface area contributed by atoms with E-state index in [4.69, 9.17) is 10.5 Å². The normalized spacial score (nSPS) is 17.9. The Balaban J connectivity index is 1.18. The van der Waals surface area contributed by atoms with E-state index in [9.17, 15) is 9.59 Å². The fourth-order valence-corrected chi connectivity index (χ4v) is 4.38. The third-order valence-electron chi connectivity index (χ3n) is 6.44. The first-order valence-corrected chi connectivity index (χ1v) is 11.2. The molecule has 2 aromatic carbocycles. The lowest BCUT2D eigenvalue weighted by molar-refractivity contribution is -0.139. The molecule has 0 saturated carbocycles. The number of amides is 2. The van der Waals surface area contributed by atoms with Crippen molar-refractivity contribution in [2.75, 3.05) is 26.2 Å². The number of benzene rings is 2. The summed E-state index contributed by atoms with van der Waals surface area (Å²) in [5.74, 6) is 0.872. The van der Waals surface area contributed by atoms with Crippen molar-refractivity contribution in [1.82, 2.24) is 9.80 Å². The van der Waals surface area contributed by atoms with Crippen LogP contribution in [0.1, 0.15) is 30.4 Å². The summed E-state index contributed by atoms with van der Waals surface area (Å²) in [5, 5.41) is 0. The number of carbonyl (C=O) groups excluding carboxylic acids is 2. The Morgan fingerprint density at radius 3 is 2.39 bits per heavy atom. The van der Waals surface area contributed by atoms with E-state index in [0.717, 1.165) is 55.9 Å². The standard InChI is InChI=1S/C25H31N3O3/c26-25(30)21-11-13-27(14-12-21)22-16-28(17-22)24(29)10-9-19-7-4-8-23(15-19)31-18-20-5-2-1-3-6-20/h1-8,15,21-22H,9-14,16-18H2,(H2,26,30). The van der Waals surface area contributed by atoms with Crippen LogP contribution in [-0.2, 0) is 22.6 Å². The number of primary amides is 1. The number of carbonyl (C=O) groups is 2. The van der Waals surface area contributed by atoms with Gasteiger partial charge in [0.15, 0.2) is 0 Å². The summed E-state index contributed by atoms with van der Waals surface area (Å²) in [4.78, 5) is 28.2. The fraction of sp³-hybridized carbons (Fsp3) is 0.440. The van der Waals surface area contributed by atoms with E-state index in [1.807, 2.05) is 59.5 Å². The van der Waals surface area contributed by atoms with Gasteiger partial charge in [-0.05, 0) is 55.6 Å². The molecule has 2 amide bonds. The molecule has 6 nitrogen and oxygen atoms in total. The summed E-state index contributed by atoms with van der Waals surface area (Å²) in [5.41, 5.74) is 7.66. The van der Waals surface area contributed by atoms with Gasteiger partial charge in [-0.25, -0.2) is 0 Å². The van der Waals surface area contributed by atoms with Gasteiger partial charge in [-0.3, -0.25) is 14.5 Å². The Morgan fingerprint density at radius 1 is 0.968 bits per heavy atom. The average molecular weight is 422 g/mol. The topological polar surface area (TPSA) is 75.9 Å². The second-order valence-electron chi connectivity index (χ2n) is 8.59. The van der Waals surface area contributed by atoms with Crippen molar-refractivity contribution >= 4 is 11.8 Å². The van der Waals surface area contributed by atoms with Gasteiger partial charge in [-0.15, -0.1) is 0 Å². The van der Waals surface area contributed by atoms with E-state index in [-0.39, 0.29) is 17.7 Å². The molecule has 164 valence electrons. The lowest BCUT2D eigenvalue weighted by atomic mass is 9.93. The number of hydrogen-bond donors (Lipinski definition) is 1. The van der Waals surface area contributed by atoms with Gasteiger partial charge in [0.2, 0.25) is 11.8 Å². The molecule has 2 aromatic rings. The summed E-state index contributed by atoms with van der Waals surface area (Å²) >= 11 is 0. The summed E-state index contributed by atoms with van der Waals surface area (Å²) in [7, 11) is 0. The van der Waals surface area contributed by atoms with Gasteiger partial charge in [-0.2, -0.15) is 0 Å². The minimum Gasteiger partial charge on any atom is -0.489 e. The largest absolute Gasteiger partial charge is 0.489 e. The summed E-state index contributed by atoms with van der Waals surface area (Å²) in [6, 6.07) is 18.5. The zero-order valence-electron chi connectivity index (χ0n) is 17.9. The SMILES string of the molecule is NC(=O)C1CCN(C2CN(C(=O)CCc3cccc(OCc4ccccc4)c3)C2)CC1. The van der Waals surface area contributed by atoms with Crippen LogP contribution in [-0.4, -0.2) is 53.8 Å². The molecule has 6 heteroatoms. The number of hydrogen-bond acceptors (Lipinski definition) is 4. The minimum absolute atomic E-state index is 0.0153. The Bertz CT molecular complexity index is 888. The second-order valence-corrected chi connectivity index (χ2v) is 8.59. The Morgan fingerprint density at radius 2 is 1.68 bits per heavy atom. The van der Waals surface area contributed by atoms with Crippen molar-refractivity contribution in [3.63, 3.8) is 0 Å². The van der Waals surface area contributed by atoms with Gasteiger partial charge in [0.1, 0.15) is 12.4 Å². The predicted octanol–water partition coefficient (Wildman–Crippen LogP) is 2.61. The van der Waals surface area contributed by atoms with Gasteiger partial charge < -0.3 is 15.4 Å². The maximum Gasteiger partial charge on any atom is 0.223 e. The van der Waals surface area contributed by atoms with E-state index in [2.05, 4.69) is 4.90 Å². The molecule has 2 saturated heterocycles. The van der Waals surface area contributed by atoms with Gasteiger partial charge in [-0.1, -0.05) is 42.5 Å². The highest BCUT2D eigenvalue weighted by Crippen LogP contribution is 2.24. The van der Waals surface area contributed by atoms with E-state index in [1.165, 1.54) is 0 Å². The first-order chi connectivity index (χ1) is 15.1. The molecule has 0 aliphatic carbocycles. The molecule has 2 aliphatic heterocycles. The number of aryl methyl sites for hydroxylation is 1. The van der Waals surface area contributed by atoms with Crippen molar-refractivity contribution < 1.29 is 14.3 Å². The van der Waals surface area contributed by atoms with Crippen molar-refractivity contribution in [3.05, 3.63) is 65.7 Å². The van der Waals surface area contributed by atoms with Crippen LogP contribution in [0.25, 0.3) is 0 Å². The third-order valence-corrected chi connectivity index (χ3v) is 6.44. The van der Waals surface area contributed by atoms with Crippen LogP contribution in [0.15, 0.2) is 54.6 Å².